The van der Waals surface area contributed by atoms with Crippen molar-refractivity contribution in [3.8, 4) is 0 Å². The lowest BCUT2D eigenvalue weighted by atomic mass is 9.94. The Balaban J connectivity index is 1.25. The van der Waals surface area contributed by atoms with Crippen LogP contribution in [0.5, 0.6) is 0 Å². The standard InChI is InChI=1S/C29H37FN4O/c1-3-34(24-9-5-4-6-10-24)20-17-31-29(35)23-15-18-33(19-16-23)21-28-22(2)13-14-27(32-28)25-11-7-8-12-26(25)30/h4-12,23H,3,13-21H2,1-2H3,(H,31,35). The van der Waals surface area contributed by atoms with Gasteiger partial charge in [-0.3, -0.25) is 14.7 Å². The highest BCUT2D eigenvalue weighted by atomic mass is 19.1. The zero-order valence-corrected chi connectivity index (χ0v) is 21.0. The monoisotopic (exact) mass is 476 g/mol. The number of hydrogen-bond acceptors (Lipinski definition) is 4. The van der Waals surface area contributed by atoms with E-state index in [0.29, 0.717) is 12.1 Å². The Labute approximate surface area is 208 Å². The maximum atomic E-state index is 14.3. The average Bonchev–Trinajstić information content (AvgIpc) is 2.89. The number of aliphatic imine (C=N–C) groups is 1. The van der Waals surface area contributed by atoms with E-state index >= 15 is 0 Å². The number of benzene rings is 2. The van der Waals surface area contributed by atoms with Gasteiger partial charge in [0.15, 0.2) is 0 Å². The van der Waals surface area contributed by atoms with Gasteiger partial charge in [0.25, 0.3) is 0 Å². The van der Waals surface area contributed by atoms with Crippen LogP contribution in [0.25, 0.3) is 0 Å². The molecule has 5 nitrogen and oxygen atoms in total. The number of rotatable bonds is 9. The Kier molecular flexibility index (Phi) is 8.69. The molecule has 0 aliphatic carbocycles. The summed E-state index contributed by atoms with van der Waals surface area (Å²) in [6, 6.07) is 17.2. The van der Waals surface area contributed by atoms with Gasteiger partial charge in [-0.1, -0.05) is 42.0 Å². The zero-order valence-electron chi connectivity index (χ0n) is 21.0. The summed E-state index contributed by atoms with van der Waals surface area (Å²) < 4.78 is 14.3. The number of halogens is 1. The second-order valence-corrected chi connectivity index (χ2v) is 9.52. The van der Waals surface area contributed by atoms with Crippen LogP contribution in [0.3, 0.4) is 0 Å². The summed E-state index contributed by atoms with van der Waals surface area (Å²) in [5.74, 6) is 0.0291. The van der Waals surface area contributed by atoms with Crippen LogP contribution in [0.2, 0.25) is 0 Å². The molecule has 0 atom stereocenters. The highest BCUT2D eigenvalue weighted by Gasteiger charge is 2.26. The van der Waals surface area contributed by atoms with Gasteiger partial charge in [0.2, 0.25) is 5.91 Å². The van der Waals surface area contributed by atoms with Crippen molar-refractivity contribution in [1.82, 2.24) is 10.2 Å². The van der Waals surface area contributed by atoms with Gasteiger partial charge in [0.05, 0.1) is 11.4 Å². The number of para-hydroxylation sites is 1. The van der Waals surface area contributed by atoms with Crippen molar-refractivity contribution in [2.24, 2.45) is 10.9 Å². The number of piperidine rings is 1. The average molecular weight is 477 g/mol. The van der Waals surface area contributed by atoms with Gasteiger partial charge in [-0.15, -0.1) is 0 Å². The molecule has 2 aliphatic heterocycles. The Morgan fingerprint density at radius 3 is 2.51 bits per heavy atom. The minimum Gasteiger partial charge on any atom is -0.370 e. The van der Waals surface area contributed by atoms with Crippen LogP contribution in [-0.2, 0) is 4.79 Å². The molecule has 6 heteroatoms. The van der Waals surface area contributed by atoms with Crippen LogP contribution in [0, 0.1) is 11.7 Å². The number of nitrogens with one attached hydrogen (secondary N) is 1. The zero-order chi connectivity index (χ0) is 24.6. The molecule has 0 saturated carbocycles. The molecular weight excluding hydrogens is 439 g/mol. The molecule has 0 bridgehead atoms. The van der Waals surface area contributed by atoms with Crippen LogP contribution in [-0.4, -0.2) is 55.8 Å². The molecule has 0 spiro atoms. The first-order chi connectivity index (χ1) is 17.0. The number of likely N-dealkylation sites (tertiary alicyclic amines) is 1. The number of carbonyl (C=O) groups excluding carboxylic acids is 1. The number of likely N-dealkylation sites (N-methyl/N-ethyl adjacent to an activating group) is 1. The van der Waals surface area contributed by atoms with E-state index in [2.05, 4.69) is 41.1 Å². The second-order valence-electron chi connectivity index (χ2n) is 9.52. The molecule has 2 aliphatic rings. The topological polar surface area (TPSA) is 47.9 Å². The molecule has 2 aromatic rings. The molecule has 0 unspecified atom stereocenters. The number of carbonyl (C=O) groups is 1. The third-order valence-corrected chi connectivity index (χ3v) is 7.20. The molecular formula is C29H37FN4O. The minimum atomic E-state index is -0.206. The first-order valence-corrected chi connectivity index (χ1v) is 12.9. The Morgan fingerprint density at radius 1 is 1.09 bits per heavy atom. The number of hydrogen-bond donors (Lipinski definition) is 1. The lowest BCUT2D eigenvalue weighted by Gasteiger charge is -2.32. The number of nitrogens with zero attached hydrogens (tertiary/aromatic N) is 3. The van der Waals surface area contributed by atoms with E-state index in [9.17, 15) is 9.18 Å². The van der Waals surface area contributed by atoms with Crippen LogP contribution in [0.4, 0.5) is 10.1 Å². The smallest absolute Gasteiger partial charge is 0.223 e. The fourth-order valence-corrected chi connectivity index (χ4v) is 4.96. The van der Waals surface area contributed by atoms with Gasteiger partial charge in [-0.2, -0.15) is 0 Å². The van der Waals surface area contributed by atoms with Crippen LogP contribution >= 0.6 is 0 Å². The van der Waals surface area contributed by atoms with Crippen molar-refractivity contribution >= 4 is 17.3 Å². The number of amides is 1. The van der Waals surface area contributed by atoms with E-state index in [1.165, 1.54) is 17.3 Å². The maximum Gasteiger partial charge on any atom is 0.223 e. The van der Waals surface area contributed by atoms with Gasteiger partial charge in [-0.25, -0.2) is 4.39 Å². The summed E-state index contributed by atoms with van der Waals surface area (Å²) in [6.07, 6.45) is 3.41. The predicted octanol–water partition coefficient (Wildman–Crippen LogP) is 5.04. The quantitative estimate of drug-likeness (QED) is 0.552. The fraction of sp³-hybridized carbons (Fsp3) is 0.448. The summed E-state index contributed by atoms with van der Waals surface area (Å²) in [6.45, 7) is 9.16. The van der Waals surface area contributed by atoms with E-state index in [0.717, 1.165) is 69.8 Å². The van der Waals surface area contributed by atoms with Gasteiger partial charge < -0.3 is 10.2 Å². The molecule has 2 heterocycles. The number of allylic oxidation sites excluding steroid dienone is 1. The highest BCUT2D eigenvalue weighted by Crippen LogP contribution is 2.26. The maximum absolute atomic E-state index is 14.3. The summed E-state index contributed by atoms with van der Waals surface area (Å²) in [7, 11) is 0. The Morgan fingerprint density at radius 2 is 1.80 bits per heavy atom. The van der Waals surface area contributed by atoms with E-state index in [1.807, 2.05) is 30.3 Å². The van der Waals surface area contributed by atoms with Gasteiger partial charge >= 0.3 is 0 Å². The second kappa shape index (κ2) is 12.1. The summed E-state index contributed by atoms with van der Waals surface area (Å²) >= 11 is 0. The minimum absolute atomic E-state index is 0.0666. The SMILES string of the molecule is CCN(CCNC(=O)C1CCN(CC2=C(C)CCC(c3ccccc3F)=N2)CC1)c1ccccc1. The van der Waals surface area contributed by atoms with Crippen molar-refractivity contribution < 1.29 is 9.18 Å². The van der Waals surface area contributed by atoms with Crippen LogP contribution < -0.4 is 10.2 Å². The third-order valence-electron chi connectivity index (χ3n) is 7.20. The molecule has 35 heavy (non-hydrogen) atoms. The lowest BCUT2D eigenvalue weighted by molar-refractivity contribution is -0.126. The van der Waals surface area contributed by atoms with Crippen molar-refractivity contribution in [2.45, 2.75) is 39.5 Å². The van der Waals surface area contributed by atoms with Gasteiger partial charge in [0.1, 0.15) is 5.82 Å². The van der Waals surface area contributed by atoms with Crippen LogP contribution in [0.15, 0.2) is 70.9 Å². The van der Waals surface area contributed by atoms with E-state index in [4.69, 9.17) is 4.99 Å². The van der Waals surface area contributed by atoms with E-state index in [1.54, 1.807) is 6.07 Å². The molecule has 1 N–H and O–H groups in total. The molecule has 1 saturated heterocycles. The van der Waals surface area contributed by atoms with E-state index < -0.39 is 0 Å². The molecule has 1 fully saturated rings. The van der Waals surface area contributed by atoms with Crippen molar-refractivity contribution in [3.05, 3.63) is 77.2 Å². The molecule has 0 radical (unpaired) electrons. The summed E-state index contributed by atoms with van der Waals surface area (Å²) in [5, 5.41) is 3.15. The first-order valence-electron chi connectivity index (χ1n) is 12.9. The third kappa shape index (κ3) is 6.57. The Hall–Kier alpha value is -2.99. The summed E-state index contributed by atoms with van der Waals surface area (Å²) in [4.78, 5) is 22.3. The highest BCUT2D eigenvalue weighted by molar-refractivity contribution is 6.02. The van der Waals surface area contributed by atoms with Crippen LogP contribution in [0.1, 0.15) is 45.1 Å². The van der Waals surface area contributed by atoms with Gasteiger partial charge in [0, 0.05) is 43.3 Å². The van der Waals surface area contributed by atoms with Crippen molar-refractivity contribution in [1.29, 1.82) is 0 Å². The van der Waals surface area contributed by atoms with Crippen molar-refractivity contribution in [3.63, 3.8) is 0 Å². The molecule has 2 aromatic carbocycles. The largest absolute Gasteiger partial charge is 0.370 e. The first kappa shape index (κ1) is 25.1. The lowest BCUT2D eigenvalue weighted by Crippen LogP contribution is -2.43. The molecule has 0 aromatic heterocycles. The van der Waals surface area contributed by atoms with E-state index in [-0.39, 0.29) is 17.6 Å². The van der Waals surface area contributed by atoms with Gasteiger partial charge in [-0.05, 0) is 70.8 Å². The molecule has 186 valence electrons. The molecule has 1 amide bonds. The molecule has 4 rings (SSSR count). The summed E-state index contributed by atoms with van der Waals surface area (Å²) in [5.41, 5.74) is 4.98. The fourth-order valence-electron chi connectivity index (χ4n) is 4.96. The van der Waals surface area contributed by atoms with Crippen molar-refractivity contribution in [2.75, 3.05) is 44.2 Å². The normalized spacial score (nSPS) is 17.3. The number of anilines is 1. The Bertz CT molecular complexity index is 1060. The predicted molar refractivity (Wildman–Crippen MR) is 141 cm³/mol.